The number of nitrogen functional groups attached to an aromatic ring is 1. The molecular formula is C16H27N6O8P. The van der Waals surface area contributed by atoms with E-state index in [1.807, 2.05) is 0 Å². The van der Waals surface area contributed by atoms with E-state index in [1.54, 1.807) is 0 Å². The maximum Gasteiger partial charge on any atom is 0.469 e. The van der Waals surface area contributed by atoms with Crippen LogP contribution in [0.25, 0.3) is 11.2 Å². The molecule has 0 aromatic carbocycles. The van der Waals surface area contributed by atoms with Gasteiger partial charge in [-0.15, -0.1) is 0 Å². The number of hydroxylamine groups is 1. The molecule has 3 rings (SSSR count). The molecule has 174 valence electrons. The second kappa shape index (κ2) is 10.1. The zero-order valence-corrected chi connectivity index (χ0v) is 17.8. The number of hydrogen-bond acceptors (Lipinski definition) is 10. The number of anilines is 1. The van der Waals surface area contributed by atoms with Gasteiger partial charge in [0.2, 0.25) is 5.95 Å². The maximum absolute atomic E-state index is 12.0. The summed E-state index contributed by atoms with van der Waals surface area (Å²) in [6.45, 7) is 2.07. The lowest BCUT2D eigenvalue weighted by molar-refractivity contribution is -0.0976. The van der Waals surface area contributed by atoms with Gasteiger partial charge in [0.05, 0.1) is 12.9 Å². The second-order valence-corrected chi connectivity index (χ2v) is 8.39. The van der Waals surface area contributed by atoms with Gasteiger partial charge < -0.3 is 25.4 Å². The summed E-state index contributed by atoms with van der Waals surface area (Å²) in [4.78, 5) is 45.9. The largest absolute Gasteiger partial charge is 0.469 e. The summed E-state index contributed by atoms with van der Waals surface area (Å²) in [6.07, 6.45) is 0.800. The minimum Gasteiger partial charge on any atom is -0.385 e. The number of rotatable bonds is 11. The summed E-state index contributed by atoms with van der Waals surface area (Å²) in [7, 11) is -4.77. The number of nitrogens with two attached hydrogens (primary N) is 1. The van der Waals surface area contributed by atoms with Crippen molar-refractivity contribution in [1.29, 1.82) is 0 Å². The van der Waals surface area contributed by atoms with Gasteiger partial charge in [0.15, 0.2) is 17.4 Å². The van der Waals surface area contributed by atoms with E-state index in [2.05, 4.69) is 31.9 Å². The number of hydrogen-bond donors (Lipinski definition) is 6. The first-order valence-corrected chi connectivity index (χ1v) is 11.4. The van der Waals surface area contributed by atoms with E-state index >= 15 is 0 Å². The van der Waals surface area contributed by atoms with Gasteiger partial charge in [-0.05, 0) is 6.42 Å². The van der Waals surface area contributed by atoms with Crippen LogP contribution in [0.2, 0.25) is 0 Å². The normalized spacial score (nSPS) is 24.3. The number of nitrogens with one attached hydrogen (secondary N) is 2. The Kier molecular flexibility index (Phi) is 7.78. The molecule has 1 aliphatic rings. The quantitative estimate of drug-likeness (QED) is 0.142. The van der Waals surface area contributed by atoms with Gasteiger partial charge in [0, 0.05) is 6.54 Å². The summed E-state index contributed by atoms with van der Waals surface area (Å²) in [5, 5.41) is 10.8. The van der Waals surface area contributed by atoms with E-state index in [9.17, 15) is 14.5 Å². The average molecular weight is 462 g/mol. The highest BCUT2D eigenvalue weighted by Crippen LogP contribution is 2.39. The van der Waals surface area contributed by atoms with E-state index in [4.69, 9.17) is 25.1 Å². The molecule has 2 aromatic heterocycles. The first-order chi connectivity index (χ1) is 14.7. The lowest BCUT2D eigenvalue weighted by Crippen LogP contribution is -2.40. The Morgan fingerprint density at radius 1 is 1.39 bits per heavy atom. The van der Waals surface area contributed by atoms with Crippen LogP contribution in [0.4, 0.5) is 5.95 Å². The number of aromatic amines is 1. The minimum absolute atomic E-state index is 0.00793. The molecule has 31 heavy (non-hydrogen) atoms. The second-order valence-electron chi connectivity index (χ2n) is 7.15. The van der Waals surface area contributed by atoms with Gasteiger partial charge in [-0.3, -0.25) is 23.7 Å². The topological polar surface area (TPSA) is 207 Å². The van der Waals surface area contributed by atoms with Crippen molar-refractivity contribution in [3.05, 3.63) is 16.7 Å². The predicted molar refractivity (Wildman–Crippen MR) is 107 cm³/mol. The monoisotopic (exact) mass is 462 g/mol. The first-order valence-electron chi connectivity index (χ1n) is 9.85. The fourth-order valence-electron chi connectivity index (χ4n) is 3.31. The summed E-state index contributed by atoms with van der Waals surface area (Å²) in [5.41, 5.74) is 7.87. The highest BCUT2D eigenvalue weighted by Gasteiger charge is 2.47. The lowest BCUT2D eigenvalue weighted by atomic mass is 10.1. The average Bonchev–Trinajstić information content (AvgIpc) is 3.23. The zero-order valence-electron chi connectivity index (χ0n) is 16.9. The van der Waals surface area contributed by atoms with Gasteiger partial charge in [-0.25, -0.2) is 15.0 Å². The van der Waals surface area contributed by atoms with E-state index in [-0.39, 0.29) is 17.1 Å². The molecule has 14 nitrogen and oxygen atoms in total. The number of ether oxygens (including phenoxy) is 1. The SMILES string of the molecule is CCCCCCNO[C@H]1[C@@H](O)[C@H](n2cnc3c(=O)[nH]c(N)nc32)O[C@@H]1COP(=O)(O)O. The first kappa shape index (κ1) is 23.8. The van der Waals surface area contributed by atoms with Gasteiger partial charge in [-0.1, -0.05) is 26.2 Å². The zero-order chi connectivity index (χ0) is 22.6. The van der Waals surface area contributed by atoms with Crippen molar-refractivity contribution in [2.24, 2.45) is 0 Å². The van der Waals surface area contributed by atoms with Crippen molar-refractivity contribution in [3.8, 4) is 0 Å². The molecule has 3 heterocycles. The number of aromatic nitrogens is 4. The Labute approximate surface area is 176 Å². The standard InChI is InChI=1S/C16H27N6O8P/c1-2-3-4-5-6-19-30-12-9(7-28-31(25,26)27)29-15(11(12)23)22-8-18-10-13(22)20-16(17)21-14(10)24/h8-9,11-12,15,19,23H,2-7H2,1H3,(H2,25,26,27)(H3,17,20,21,24)/t9-,11-,12-,15-/m1/s1. The van der Waals surface area contributed by atoms with Gasteiger partial charge in [0.1, 0.15) is 18.3 Å². The number of fused-ring (bicyclic) bond motifs is 1. The Morgan fingerprint density at radius 2 is 2.16 bits per heavy atom. The van der Waals surface area contributed by atoms with E-state index < -0.39 is 44.5 Å². The van der Waals surface area contributed by atoms with Crippen LogP contribution in [-0.2, 0) is 18.7 Å². The Morgan fingerprint density at radius 3 is 2.87 bits per heavy atom. The Balaban J connectivity index is 1.77. The van der Waals surface area contributed by atoms with Crippen molar-refractivity contribution < 1.29 is 33.6 Å². The predicted octanol–water partition coefficient (Wildman–Crippen LogP) is -0.460. The fraction of sp³-hybridized carbons (Fsp3) is 0.688. The number of aliphatic hydroxyl groups excluding tert-OH is 1. The molecule has 0 unspecified atom stereocenters. The number of phosphoric ester groups is 1. The Hall–Kier alpha value is -1.90. The lowest BCUT2D eigenvalue weighted by Gasteiger charge is -2.21. The summed E-state index contributed by atoms with van der Waals surface area (Å²) >= 11 is 0. The minimum atomic E-state index is -4.77. The van der Waals surface area contributed by atoms with Crippen molar-refractivity contribution in [1.82, 2.24) is 25.0 Å². The van der Waals surface area contributed by atoms with Crippen LogP contribution in [0.5, 0.6) is 0 Å². The van der Waals surface area contributed by atoms with Gasteiger partial charge in [-0.2, -0.15) is 4.98 Å². The van der Waals surface area contributed by atoms with Crippen molar-refractivity contribution >= 4 is 24.9 Å². The van der Waals surface area contributed by atoms with E-state index in [0.717, 1.165) is 25.7 Å². The van der Waals surface area contributed by atoms with Crippen molar-refractivity contribution in [3.63, 3.8) is 0 Å². The molecule has 0 saturated carbocycles. The maximum atomic E-state index is 12.0. The van der Waals surface area contributed by atoms with E-state index in [1.165, 1.54) is 10.9 Å². The molecule has 1 aliphatic heterocycles. The van der Waals surface area contributed by atoms with Crippen LogP contribution in [0.1, 0.15) is 38.8 Å². The van der Waals surface area contributed by atoms with Crippen LogP contribution >= 0.6 is 7.82 Å². The third-order valence-electron chi connectivity index (χ3n) is 4.79. The molecule has 0 aliphatic carbocycles. The van der Waals surface area contributed by atoms with Crippen molar-refractivity contribution in [2.75, 3.05) is 18.9 Å². The number of phosphoric acid groups is 1. The third-order valence-corrected chi connectivity index (χ3v) is 5.28. The molecule has 4 atom stereocenters. The van der Waals surface area contributed by atoms with E-state index in [0.29, 0.717) is 6.54 Å². The molecule has 0 bridgehead atoms. The molecule has 0 radical (unpaired) electrons. The molecule has 0 spiro atoms. The molecule has 15 heteroatoms. The number of nitrogens with zero attached hydrogens (tertiary/aromatic N) is 3. The van der Waals surface area contributed by atoms with Crippen LogP contribution in [0.3, 0.4) is 0 Å². The van der Waals surface area contributed by atoms with Crippen LogP contribution < -0.4 is 16.8 Å². The molecule has 0 amide bonds. The highest BCUT2D eigenvalue weighted by molar-refractivity contribution is 7.46. The van der Waals surface area contributed by atoms with Crippen LogP contribution in [0.15, 0.2) is 11.1 Å². The van der Waals surface area contributed by atoms with Gasteiger partial charge >= 0.3 is 7.82 Å². The Bertz CT molecular complexity index is 977. The summed E-state index contributed by atoms with van der Waals surface area (Å²) < 4.78 is 22.7. The molecule has 2 aromatic rings. The number of unbranched alkanes of at least 4 members (excludes halogenated alkanes) is 3. The number of aliphatic hydroxyl groups is 1. The smallest absolute Gasteiger partial charge is 0.385 e. The van der Waals surface area contributed by atoms with Crippen molar-refractivity contribution in [2.45, 2.75) is 57.1 Å². The third kappa shape index (κ3) is 5.87. The fourth-order valence-corrected chi connectivity index (χ4v) is 3.65. The number of H-pyrrole nitrogens is 1. The van der Waals surface area contributed by atoms with Crippen LogP contribution in [-0.4, -0.2) is 65.9 Å². The van der Waals surface area contributed by atoms with Crippen LogP contribution in [0, 0.1) is 0 Å². The highest BCUT2D eigenvalue weighted by atomic mass is 31.2. The summed E-state index contributed by atoms with van der Waals surface area (Å²) in [6, 6.07) is 0. The van der Waals surface area contributed by atoms with Gasteiger partial charge in [0.25, 0.3) is 5.56 Å². The summed E-state index contributed by atoms with van der Waals surface area (Å²) in [5.74, 6) is -0.144. The molecular weight excluding hydrogens is 435 g/mol. The number of imidazole rings is 1. The molecule has 7 N–H and O–H groups in total. The molecule has 1 saturated heterocycles. The molecule has 1 fully saturated rings.